The summed E-state index contributed by atoms with van der Waals surface area (Å²) in [6.07, 6.45) is 0. The summed E-state index contributed by atoms with van der Waals surface area (Å²) in [4.78, 5) is 10.00. The van der Waals surface area contributed by atoms with E-state index in [0.29, 0.717) is 0 Å². The zero-order valence-corrected chi connectivity index (χ0v) is 8.77. The van der Waals surface area contributed by atoms with E-state index in [2.05, 4.69) is 17.6 Å². The number of non-ortho nitro benzene ring substituents is 1. The Labute approximate surface area is 88.6 Å². The number of anilines is 1. The lowest BCUT2D eigenvalue weighted by atomic mass is 10.3. The molecule has 0 unspecified atom stereocenters. The largest absolute Gasteiger partial charge is 0.379 e. The van der Waals surface area contributed by atoms with Crippen LogP contribution in [0.3, 0.4) is 0 Å². The molecule has 0 bridgehead atoms. The highest BCUT2D eigenvalue weighted by molar-refractivity contribution is 5.48. The van der Waals surface area contributed by atoms with Crippen molar-refractivity contribution in [2.75, 3.05) is 25.0 Å². The summed E-state index contributed by atoms with van der Waals surface area (Å²) in [6.45, 7) is 5.05. The third-order valence-electron chi connectivity index (χ3n) is 2.04. The third-order valence-corrected chi connectivity index (χ3v) is 2.04. The zero-order valence-electron chi connectivity index (χ0n) is 8.77. The molecule has 0 saturated heterocycles. The Balaban J connectivity index is 2.39. The number of nitrogens with two attached hydrogens (primary N) is 1. The van der Waals surface area contributed by atoms with Crippen LogP contribution in [0.15, 0.2) is 24.3 Å². The van der Waals surface area contributed by atoms with E-state index in [4.69, 9.17) is 0 Å². The van der Waals surface area contributed by atoms with Crippen LogP contribution in [0, 0.1) is 10.1 Å². The molecule has 0 heterocycles. The van der Waals surface area contributed by atoms with Crippen molar-refractivity contribution in [1.29, 1.82) is 0 Å². The fourth-order valence-electron chi connectivity index (χ4n) is 1.22. The Morgan fingerprint density at radius 3 is 2.60 bits per heavy atom. The predicted molar refractivity (Wildman–Crippen MR) is 58.9 cm³/mol. The van der Waals surface area contributed by atoms with Gasteiger partial charge in [0.1, 0.15) is 0 Å². The van der Waals surface area contributed by atoms with Gasteiger partial charge < -0.3 is 10.6 Å². The van der Waals surface area contributed by atoms with E-state index in [-0.39, 0.29) is 5.69 Å². The van der Waals surface area contributed by atoms with Crippen molar-refractivity contribution in [3.63, 3.8) is 0 Å². The zero-order chi connectivity index (χ0) is 11.1. The average Bonchev–Trinajstić information content (AvgIpc) is 2.25. The monoisotopic (exact) mass is 210 g/mol. The van der Waals surface area contributed by atoms with E-state index in [0.717, 1.165) is 25.3 Å². The van der Waals surface area contributed by atoms with Gasteiger partial charge in [-0.2, -0.15) is 0 Å². The summed E-state index contributed by atoms with van der Waals surface area (Å²) < 4.78 is 0. The van der Waals surface area contributed by atoms with Gasteiger partial charge in [-0.1, -0.05) is 0 Å². The van der Waals surface area contributed by atoms with E-state index in [1.165, 1.54) is 12.1 Å². The molecule has 0 saturated carbocycles. The van der Waals surface area contributed by atoms with Gasteiger partial charge in [-0.25, -0.2) is 0 Å². The van der Waals surface area contributed by atoms with Crippen LogP contribution >= 0.6 is 0 Å². The van der Waals surface area contributed by atoms with Crippen LogP contribution in [-0.4, -0.2) is 24.6 Å². The Hall–Kier alpha value is -1.62. The highest BCUT2D eigenvalue weighted by Crippen LogP contribution is 2.14. The second-order valence-corrected chi connectivity index (χ2v) is 3.22. The van der Waals surface area contributed by atoms with Crippen LogP contribution in [0.25, 0.3) is 0 Å². The molecule has 5 heteroatoms. The molecular weight excluding hydrogens is 194 g/mol. The predicted octanol–water partition coefficient (Wildman–Crippen LogP) is 0.590. The van der Waals surface area contributed by atoms with E-state index >= 15 is 0 Å². The number of quaternary nitrogens is 1. The van der Waals surface area contributed by atoms with Crippen LogP contribution in [-0.2, 0) is 0 Å². The van der Waals surface area contributed by atoms with Gasteiger partial charge in [0, 0.05) is 17.8 Å². The van der Waals surface area contributed by atoms with Gasteiger partial charge in [0.25, 0.3) is 5.69 Å². The Morgan fingerprint density at radius 2 is 2.07 bits per heavy atom. The van der Waals surface area contributed by atoms with Crippen molar-refractivity contribution in [2.24, 2.45) is 0 Å². The normalized spacial score (nSPS) is 9.93. The van der Waals surface area contributed by atoms with Crippen molar-refractivity contribution >= 4 is 11.4 Å². The summed E-state index contributed by atoms with van der Waals surface area (Å²) in [6, 6.07) is 6.46. The molecule has 0 aliphatic carbocycles. The maximum atomic E-state index is 10.4. The third kappa shape index (κ3) is 3.95. The minimum absolute atomic E-state index is 0.126. The number of likely N-dealkylation sites (N-methyl/N-ethyl adjacent to an activating group) is 1. The van der Waals surface area contributed by atoms with Crippen LogP contribution in [0.2, 0.25) is 0 Å². The Bertz CT molecular complexity index is 311. The number of hydrogen-bond acceptors (Lipinski definition) is 3. The molecule has 0 amide bonds. The van der Waals surface area contributed by atoms with Crippen molar-refractivity contribution < 1.29 is 10.2 Å². The molecular formula is C10H16N3O2+. The quantitative estimate of drug-likeness (QED) is 0.410. The van der Waals surface area contributed by atoms with Gasteiger partial charge in [-0.05, 0) is 19.1 Å². The first-order chi connectivity index (χ1) is 7.24. The number of rotatable bonds is 6. The molecule has 1 aromatic carbocycles. The minimum atomic E-state index is -0.394. The van der Waals surface area contributed by atoms with E-state index in [1.54, 1.807) is 12.1 Å². The second kappa shape index (κ2) is 5.98. The molecule has 0 fully saturated rings. The summed E-state index contributed by atoms with van der Waals surface area (Å²) >= 11 is 0. The van der Waals surface area contributed by atoms with Crippen molar-refractivity contribution in [2.45, 2.75) is 6.92 Å². The lowest BCUT2D eigenvalue weighted by Gasteiger charge is -2.04. The van der Waals surface area contributed by atoms with Gasteiger partial charge in [0.05, 0.1) is 24.6 Å². The maximum absolute atomic E-state index is 10.4. The van der Waals surface area contributed by atoms with Crippen molar-refractivity contribution in [3.8, 4) is 0 Å². The second-order valence-electron chi connectivity index (χ2n) is 3.22. The summed E-state index contributed by atoms with van der Waals surface area (Å²) in [7, 11) is 0. The number of nitrogens with zero attached hydrogens (tertiary/aromatic N) is 1. The molecule has 3 N–H and O–H groups in total. The molecule has 1 aromatic rings. The number of nitro groups is 1. The van der Waals surface area contributed by atoms with E-state index in [9.17, 15) is 10.1 Å². The van der Waals surface area contributed by atoms with Crippen molar-refractivity contribution in [3.05, 3.63) is 34.4 Å². The maximum Gasteiger partial charge on any atom is 0.269 e. The van der Waals surface area contributed by atoms with Gasteiger partial charge in [0.2, 0.25) is 0 Å². The first-order valence-corrected chi connectivity index (χ1v) is 5.04. The lowest BCUT2D eigenvalue weighted by Crippen LogP contribution is -2.84. The molecule has 0 aliphatic heterocycles. The number of hydrogen-bond donors (Lipinski definition) is 2. The first kappa shape index (κ1) is 11.5. The molecule has 15 heavy (non-hydrogen) atoms. The van der Waals surface area contributed by atoms with Gasteiger partial charge in [-0.15, -0.1) is 0 Å². The fourth-order valence-corrected chi connectivity index (χ4v) is 1.22. The standard InChI is InChI=1S/C10H15N3O2/c1-2-11-7-8-12-9-3-5-10(6-4-9)13(14)15/h3-6,11-12H,2,7-8H2,1H3/p+1. The van der Waals surface area contributed by atoms with Crippen LogP contribution < -0.4 is 10.6 Å². The van der Waals surface area contributed by atoms with Gasteiger partial charge in [-0.3, -0.25) is 10.1 Å². The lowest BCUT2D eigenvalue weighted by molar-refractivity contribution is -0.648. The summed E-state index contributed by atoms with van der Waals surface area (Å²) in [5.74, 6) is 0. The highest BCUT2D eigenvalue weighted by Gasteiger charge is 2.02. The molecule has 1 rings (SSSR count). The topological polar surface area (TPSA) is 71.8 Å². The summed E-state index contributed by atoms with van der Waals surface area (Å²) in [5.41, 5.74) is 1.05. The smallest absolute Gasteiger partial charge is 0.269 e. The highest BCUT2D eigenvalue weighted by atomic mass is 16.6. The number of benzene rings is 1. The Morgan fingerprint density at radius 1 is 1.40 bits per heavy atom. The number of nitro benzene ring substituents is 1. The van der Waals surface area contributed by atoms with Crippen LogP contribution in [0.4, 0.5) is 11.4 Å². The SMILES string of the molecule is CC[NH2+]CCNc1ccc([N+](=O)[O-])cc1. The molecule has 0 aromatic heterocycles. The molecule has 0 spiro atoms. The number of nitrogens with one attached hydrogen (secondary N) is 1. The summed E-state index contributed by atoms with van der Waals surface area (Å²) in [5, 5.41) is 15.8. The van der Waals surface area contributed by atoms with E-state index in [1.807, 2.05) is 0 Å². The van der Waals surface area contributed by atoms with Gasteiger partial charge >= 0.3 is 0 Å². The average molecular weight is 210 g/mol. The molecule has 0 radical (unpaired) electrons. The van der Waals surface area contributed by atoms with Crippen molar-refractivity contribution in [1.82, 2.24) is 0 Å². The Kier molecular flexibility index (Phi) is 4.56. The first-order valence-electron chi connectivity index (χ1n) is 5.04. The molecule has 0 aliphatic rings. The van der Waals surface area contributed by atoms with Crippen LogP contribution in [0.1, 0.15) is 6.92 Å². The fraction of sp³-hybridized carbons (Fsp3) is 0.400. The van der Waals surface area contributed by atoms with Gasteiger partial charge in [0.15, 0.2) is 0 Å². The minimum Gasteiger partial charge on any atom is -0.379 e. The molecule has 82 valence electrons. The molecule has 0 atom stereocenters. The van der Waals surface area contributed by atoms with Crippen LogP contribution in [0.5, 0.6) is 0 Å². The molecule has 5 nitrogen and oxygen atoms in total. The van der Waals surface area contributed by atoms with E-state index < -0.39 is 4.92 Å².